The molecule has 29 heavy (non-hydrogen) atoms. The molecule has 0 spiro atoms. The third-order valence-electron chi connectivity index (χ3n) is 5.38. The molecule has 2 aliphatic heterocycles. The molecular formula is C22H29ClN4O2. The molecule has 1 aromatic rings. The van der Waals surface area contributed by atoms with Crippen molar-refractivity contribution in [3.05, 3.63) is 46.1 Å². The summed E-state index contributed by atoms with van der Waals surface area (Å²) >= 11 is 6.01. The van der Waals surface area contributed by atoms with Crippen molar-refractivity contribution in [2.45, 2.75) is 39.5 Å². The van der Waals surface area contributed by atoms with Crippen LogP contribution in [0.5, 0.6) is 0 Å². The van der Waals surface area contributed by atoms with Gasteiger partial charge in [0.1, 0.15) is 5.84 Å². The molecule has 3 rings (SSSR count). The molecule has 156 valence electrons. The van der Waals surface area contributed by atoms with Crippen LogP contribution in [0.25, 0.3) is 0 Å². The number of rotatable bonds is 7. The van der Waals surface area contributed by atoms with Gasteiger partial charge in [-0.3, -0.25) is 14.6 Å². The number of amides is 2. The number of amidine groups is 1. The first kappa shape index (κ1) is 21.4. The fraction of sp³-hybridized carbons (Fsp3) is 0.500. The molecule has 1 aromatic carbocycles. The van der Waals surface area contributed by atoms with E-state index >= 15 is 0 Å². The molecule has 0 saturated heterocycles. The van der Waals surface area contributed by atoms with Crippen molar-refractivity contribution < 1.29 is 9.59 Å². The SMILES string of the molecule is CCCCC1CN(C(=O)CCNC(C)=O)CC2=C1NC(c1ccc(Cl)cc1)=NC2. The second-order valence-corrected chi connectivity index (χ2v) is 8.10. The quantitative estimate of drug-likeness (QED) is 0.717. The number of benzene rings is 1. The van der Waals surface area contributed by atoms with E-state index < -0.39 is 0 Å². The number of nitrogens with one attached hydrogen (secondary N) is 2. The van der Waals surface area contributed by atoms with Crippen molar-refractivity contribution in [2.24, 2.45) is 10.9 Å². The van der Waals surface area contributed by atoms with Crippen LogP contribution in [0, 0.1) is 5.92 Å². The zero-order valence-corrected chi connectivity index (χ0v) is 17.9. The fourth-order valence-corrected chi connectivity index (χ4v) is 3.97. The highest BCUT2D eigenvalue weighted by molar-refractivity contribution is 6.30. The zero-order chi connectivity index (χ0) is 20.8. The summed E-state index contributed by atoms with van der Waals surface area (Å²) in [7, 11) is 0. The Balaban J connectivity index is 1.72. The Kier molecular flexibility index (Phi) is 7.31. The van der Waals surface area contributed by atoms with Crippen molar-refractivity contribution in [3.63, 3.8) is 0 Å². The van der Waals surface area contributed by atoms with Crippen molar-refractivity contribution in [2.75, 3.05) is 26.2 Å². The number of nitrogens with zero attached hydrogens (tertiary/aromatic N) is 2. The van der Waals surface area contributed by atoms with Gasteiger partial charge in [0.2, 0.25) is 11.8 Å². The normalized spacial score (nSPS) is 18.7. The summed E-state index contributed by atoms with van der Waals surface area (Å²) in [6, 6.07) is 7.69. The smallest absolute Gasteiger partial charge is 0.224 e. The maximum absolute atomic E-state index is 12.7. The van der Waals surface area contributed by atoms with Gasteiger partial charge in [0.25, 0.3) is 0 Å². The molecule has 2 aliphatic rings. The molecule has 0 saturated carbocycles. The summed E-state index contributed by atoms with van der Waals surface area (Å²) in [5.74, 6) is 1.12. The first-order chi connectivity index (χ1) is 14.0. The van der Waals surface area contributed by atoms with E-state index in [1.807, 2.05) is 29.2 Å². The topological polar surface area (TPSA) is 73.8 Å². The van der Waals surface area contributed by atoms with Crippen LogP contribution in [0.15, 0.2) is 40.5 Å². The first-order valence-electron chi connectivity index (χ1n) is 10.3. The van der Waals surface area contributed by atoms with E-state index in [4.69, 9.17) is 16.6 Å². The van der Waals surface area contributed by atoms with Crippen LogP contribution < -0.4 is 10.6 Å². The molecular weight excluding hydrogens is 388 g/mol. The summed E-state index contributed by atoms with van der Waals surface area (Å²) < 4.78 is 0. The maximum Gasteiger partial charge on any atom is 0.224 e. The van der Waals surface area contributed by atoms with Crippen LogP contribution in [0.3, 0.4) is 0 Å². The van der Waals surface area contributed by atoms with E-state index in [1.165, 1.54) is 18.2 Å². The van der Waals surface area contributed by atoms with Gasteiger partial charge in [-0.25, -0.2) is 0 Å². The molecule has 0 aliphatic carbocycles. The van der Waals surface area contributed by atoms with Crippen molar-refractivity contribution in [1.29, 1.82) is 0 Å². The van der Waals surface area contributed by atoms with E-state index in [9.17, 15) is 9.59 Å². The Labute approximate surface area is 177 Å². The van der Waals surface area contributed by atoms with Gasteiger partial charge in [-0.05, 0) is 36.3 Å². The Hall–Kier alpha value is -2.34. The van der Waals surface area contributed by atoms with E-state index in [-0.39, 0.29) is 17.7 Å². The number of carbonyl (C=O) groups excluding carboxylic acids is 2. The van der Waals surface area contributed by atoms with E-state index in [0.717, 1.165) is 30.7 Å². The van der Waals surface area contributed by atoms with Gasteiger partial charge in [0, 0.05) is 55.2 Å². The average Bonchev–Trinajstić information content (AvgIpc) is 2.71. The molecule has 1 atom stereocenters. The third-order valence-corrected chi connectivity index (χ3v) is 5.63. The molecule has 1 unspecified atom stereocenters. The van der Waals surface area contributed by atoms with Gasteiger partial charge < -0.3 is 15.5 Å². The highest BCUT2D eigenvalue weighted by Crippen LogP contribution is 2.29. The van der Waals surface area contributed by atoms with Crippen molar-refractivity contribution in [1.82, 2.24) is 15.5 Å². The third kappa shape index (κ3) is 5.60. The molecule has 6 nitrogen and oxygen atoms in total. The minimum Gasteiger partial charge on any atom is -0.356 e. The molecule has 0 radical (unpaired) electrons. The Bertz CT molecular complexity index is 817. The molecule has 0 fully saturated rings. The van der Waals surface area contributed by atoms with Crippen LogP contribution in [0.1, 0.15) is 45.1 Å². The largest absolute Gasteiger partial charge is 0.356 e. The standard InChI is InChI=1S/C22H29ClN4O2/c1-3-4-5-17-13-27(20(29)10-11-24-15(2)28)14-18-12-25-22(26-21(17)18)16-6-8-19(23)9-7-16/h6-9,17H,3-5,10-14H2,1-2H3,(H,24,28)(H,25,26). The highest BCUT2D eigenvalue weighted by Gasteiger charge is 2.32. The van der Waals surface area contributed by atoms with Gasteiger partial charge in [-0.2, -0.15) is 0 Å². The maximum atomic E-state index is 12.7. The lowest BCUT2D eigenvalue weighted by molar-refractivity contribution is -0.131. The van der Waals surface area contributed by atoms with Crippen LogP contribution in [-0.4, -0.2) is 48.7 Å². The Morgan fingerprint density at radius 1 is 1.31 bits per heavy atom. The van der Waals surface area contributed by atoms with Gasteiger partial charge in [0.05, 0.1) is 6.54 Å². The van der Waals surface area contributed by atoms with Crippen LogP contribution in [0.2, 0.25) is 5.02 Å². The molecule has 0 bridgehead atoms. The Morgan fingerprint density at radius 2 is 2.07 bits per heavy atom. The lowest BCUT2D eigenvalue weighted by atomic mass is 9.89. The van der Waals surface area contributed by atoms with E-state index in [2.05, 4.69) is 17.6 Å². The predicted molar refractivity (Wildman–Crippen MR) is 116 cm³/mol. The van der Waals surface area contributed by atoms with Crippen LogP contribution >= 0.6 is 11.6 Å². The number of aliphatic imine (C=N–C) groups is 1. The van der Waals surface area contributed by atoms with Gasteiger partial charge in [0.15, 0.2) is 0 Å². The average molecular weight is 417 g/mol. The fourth-order valence-electron chi connectivity index (χ4n) is 3.84. The van der Waals surface area contributed by atoms with E-state index in [0.29, 0.717) is 37.6 Å². The number of hydrogen-bond acceptors (Lipinski definition) is 4. The molecule has 2 heterocycles. The van der Waals surface area contributed by atoms with Gasteiger partial charge in [-0.15, -0.1) is 0 Å². The number of hydrogen-bond donors (Lipinski definition) is 2. The first-order valence-corrected chi connectivity index (χ1v) is 10.7. The molecule has 2 N–H and O–H groups in total. The van der Waals surface area contributed by atoms with Crippen LogP contribution in [-0.2, 0) is 9.59 Å². The van der Waals surface area contributed by atoms with Crippen LogP contribution in [0.4, 0.5) is 0 Å². The molecule has 2 amide bonds. The minimum absolute atomic E-state index is 0.0827. The lowest BCUT2D eigenvalue weighted by Gasteiger charge is -2.39. The Morgan fingerprint density at radius 3 is 2.76 bits per heavy atom. The van der Waals surface area contributed by atoms with Gasteiger partial charge in [-0.1, -0.05) is 31.4 Å². The number of carbonyl (C=O) groups is 2. The second kappa shape index (κ2) is 9.92. The molecule has 0 aromatic heterocycles. The number of unbranched alkanes of at least 4 members (excludes halogenated alkanes) is 1. The van der Waals surface area contributed by atoms with Crippen molar-refractivity contribution >= 4 is 29.3 Å². The highest BCUT2D eigenvalue weighted by atomic mass is 35.5. The van der Waals surface area contributed by atoms with Gasteiger partial charge >= 0.3 is 0 Å². The summed E-state index contributed by atoms with van der Waals surface area (Å²) in [6.45, 7) is 5.93. The molecule has 7 heteroatoms. The minimum atomic E-state index is -0.109. The summed E-state index contributed by atoms with van der Waals surface area (Å²) in [5.41, 5.74) is 3.43. The monoisotopic (exact) mass is 416 g/mol. The lowest BCUT2D eigenvalue weighted by Crippen LogP contribution is -2.47. The summed E-state index contributed by atoms with van der Waals surface area (Å²) in [6.07, 6.45) is 3.60. The van der Waals surface area contributed by atoms with E-state index in [1.54, 1.807) is 0 Å². The summed E-state index contributed by atoms with van der Waals surface area (Å²) in [5, 5.41) is 6.97. The second-order valence-electron chi connectivity index (χ2n) is 7.66. The van der Waals surface area contributed by atoms with Crippen molar-refractivity contribution in [3.8, 4) is 0 Å². The number of halogens is 1. The summed E-state index contributed by atoms with van der Waals surface area (Å²) in [4.78, 5) is 30.4. The zero-order valence-electron chi connectivity index (χ0n) is 17.1. The predicted octanol–water partition coefficient (Wildman–Crippen LogP) is 3.12.